The molecule has 0 heterocycles. The van der Waals surface area contributed by atoms with Crippen LogP contribution in [0.2, 0.25) is 0 Å². The second-order valence-corrected chi connectivity index (χ2v) is 7.92. The molecule has 3 aromatic rings. The molecule has 2 nitrogen and oxygen atoms in total. The first-order chi connectivity index (χ1) is 16.6. The SMILES string of the molecule is COc1ccc(-c2c3ccccc(F)c-3c(-c3ccc(OC)cc3)c2-c2ccccc2F)cc1. The second kappa shape index (κ2) is 8.99. The molecule has 0 saturated carbocycles. The molecule has 0 spiro atoms. The molecular formula is C30H22F2O2. The molecule has 0 N–H and O–H groups in total. The summed E-state index contributed by atoms with van der Waals surface area (Å²) in [7, 11) is 3.20. The summed E-state index contributed by atoms with van der Waals surface area (Å²) in [6.07, 6.45) is 0. The number of ether oxygens (including phenoxy) is 2. The fraction of sp³-hybridized carbons (Fsp3) is 0.0667. The first-order valence-electron chi connectivity index (χ1n) is 10.9. The van der Waals surface area contributed by atoms with E-state index in [0.717, 1.165) is 16.7 Å². The number of hydrogen-bond donors (Lipinski definition) is 0. The van der Waals surface area contributed by atoms with Crippen LogP contribution in [0, 0.1) is 11.6 Å². The van der Waals surface area contributed by atoms with Gasteiger partial charge in [0.2, 0.25) is 0 Å². The molecule has 0 radical (unpaired) electrons. The Morgan fingerprint density at radius 3 is 1.44 bits per heavy atom. The van der Waals surface area contributed by atoms with E-state index >= 15 is 8.78 Å². The highest BCUT2D eigenvalue weighted by molar-refractivity contribution is 6.10. The van der Waals surface area contributed by atoms with Gasteiger partial charge in [0.15, 0.2) is 0 Å². The first-order valence-corrected chi connectivity index (χ1v) is 10.9. The van der Waals surface area contributed by atoms with E-state index in [2.05, 4.69) is 0 Å². The van der Waals surface area contributed by atoms with Crippen molar-refractivity contribution in [1.82, 2.24) is 0 Å². The summed E-state index contributed by atoms with van der Waals surface area (Å²) >= 11 is 0. The molecule has 5 rings (SSSR count). The predicted molar refractivity (Wildman–Crippen MR) is 132 cm³/mol. The standard InChI is InChI=1S/C30H22F2O2/c1-33-21-15-11-19(12-16-21)27-24-8-4-6-10-26(32)29(24)28(20-13-17-22(34-2)18-14-20)30(27)23-7-3-5-9-25(23)31/h3-18H,1-2H3. The molecule has 0 fully saturated rings. The lowest BCUT2D eigenvalue weighted by atomic mass is 9.93. The largest absolute Gasteiger partial charge is 0.497 e. The third kappa shape index (κ3) is 3.67. The van der Waals surface area contributed by atoms with Crippen LogP contribution in [0.5, 0.6) is 11.5 Å². The van der Waals surface area contributed by atoms with Gasteiger partial charge in [0.05, 0.1) is 14.2 Å². The van der Waals surface area contributed by atoms with E-state index in [0.29, 0.717) is 39.3 Å². The molecule has 0 aliphatic heterocycles. The summed E-state index contributed by atoms with van der Waals surface area (Å²) in [5, 5.41) is 0. The van der Waals surface area contributed by atoms with Crippen LogP contribution in [-0.4, -0.2) is 14.2 Å². The molecule has 0 atom stereocenters. The number of hydrogen-bond acceptors (Lipinski definition) is 2. The van der Waals surface area contributed by atoms with Gasteiger partial charge < -0.3 is 9.47 Å². The Balaban J connectivity index is 1.94. The maximum absolute atomic E-state index is 15.6. The van der Waals surface area contributed by atoms with Gasteiger partial charge in [-0.3, -0.25) is 0 Å². The molecule has 168 valence electrons. The molecule has 2 aliphatic carbocycles. The highest BCUT2D eigenvalue weighted by Crippen LogP contribution is 2.53. The number of halogens is 2. The van der Waals surface area contributed by atoms with E-state index in [1.54, 1.807) is 44.6 Å². The van der Waals surface area contributed by atoms with Gasteiger partial charge in [-0.2, -0.15) is 0 Å². The molecule has 4 heteroatoms. The Bertz CT molecular complexity index is 1420. The Morgan fingerprint density at radius 2 is 0.912 bits per heavy atom. The van der Waals surface area contributed by atoms with Crippen molar-refractivity contribution in [2.75, 3.05) is 14.2 Å². The minimum atomic E-state index is -0.372. The van der Waals surface area contributed by atoms with E-state index in [1.807, 2.05) is 54.6 Å². The third-order valence-electron chi connectivity index (χ3n) is 6.04. The van der Waals surface area contributed by atoms with Crippen LogP contribution in [0.25, 0.3) is 44.5 Å². The van der Waals surface area contributed by atoms with Crippen LogP contribution in [0.4, 0.5) is 8.78 Å². The minimum absolute atomic E-state index is 0.368. The number of methoxy groups -OCH3 is 2. The zero-order valence-electron chi connectivity index (χ0n) is 18.8. The topological polar surface area (TPSA) is 18.5 Å². The monoisotopic (exact) mass is 452 g/mol. The van der Waals surface area contributed by atoms with Gasteiger partial charge in [-0.25, -0.2) is 8.78 Å². The molecule has 34 heavy (non-hydrogen) atoms. The smallest absolute Gasteiger partial charge is 0.131 e. The third-order valence-corrected chi connectivity index (χ3v) is 6.04. The van der Waals surface area contributed by atoms with Crippen LogP contribution in [0.3, 0.4) is 0 Å². The van der Waals surface area contributed by atoms with Gasteiger partial charge in [-0.05, 0) is 58.7 Å². The van der Waals surface area contributed by atoms with Gasteiger partial charge in [0.25, 0.3) is 0 Å². The van der Waals surface area contributed by atoms with Crippen LogP contribution in [-0.2, 0) is 0 Å². The van der Waals surface area contributed by atoms with Crippen LogP contribution >= 0.6 is 0 Å². The Kier molecular flexibility index (Phi) is 5.72. The first kappa shape index (κ1) is 21.7. The lowest BCUT2D eigenvalue weighted by molar-refractivity contribution is 0.415. The lowest BCUT2D eigenvalue weighted by Crippen LogP contribution is -1.89. The van der Waals surface area contributed by atoms with E-state index < -0.39 is 0 Å². The summed E-state index contributed by atoms with van der Waals surface area (Å²) in [5.41, 5.74) is 5.23. The quantitative estimate of drug-likeness (QED) is 0.268. The van der Waals surface area contributed by atoms with Crippen LogP contribution in [0.1, 0.15) is 0 Å². The fourth-order valence-corrected chi connectivity index (χ4v) is 4.47. The van der Waals surface area contributed by atoms with Crippen molar-refractivity contribution in [1.29, 1.82) is 0 Å². The van der Waals surface area contributed by atoms with Gasteiger partial charge in [-0.1, -0.05) is 60.7 Å². The van der Waals surface area contributed by atoms with Gasteiger partial charge in [0, 0.05) is 22.3 Å². The normalized spacial score (nSPS) is 10.9. The Morgan fingerprint density at radius 1 is 0.441 bits per heavy atom. The molecule has 0 saturated heterocycles. The highest BCUT2D eigenvalue weighted by Gasteiger charge is 2.29. The molecule has 2 aliphatic rings. The van der Waals surface area contributed by atoms with Crippen molar-refractivity contribution in [3.05, 3.63) is 109 Å². The van der Waals surface area contributed by atoms with Crippen molar-refractivity contribution in [2.24, 2.45) is 0 Å². The molecule has 0 bridgehead atoms. The van der Waals surface area contributed by atoms with E-state index in [9.17, 15) is 0 Å². The fourth-order valence-electron chi connectivity index (χ4n) is 4.47. The molecule has 3 aromatic carbocycles. The molecule has 0 amide bonds. The average Bonchev–Trinajstić information content (AvgIpc) is 3.10. The maximum atomic E-state index is 15.6. The summed E-state index contributed by atoms with van der Waals surface area (Å²) in [6, 6.07) is 28.4. The van der Waals surface area contributed by atoms with Crippen molar-refractivity contribution in [3.8, 4) is 56.0 Å². The van der Waals surface area contributed by atoms with Crippen molar-refractivity contribution >= 4 is 0 Å². The lowest BCUT2D eigenvalue weighted by Gasteiger charge is -2.12. The summed E-state index contributed by atoms with van der Waals surface area (Å²) < 4.78 is 41.5. The number of rotatable bonds is 5. The van der Waals surface area contributed by atoms with Gasteiger partial charge in [-0.15, -0.1) is 0 Å². The van der Waals surface area contributed by atoms with Crippen molar-refractivity contribution in [2.45, 2.75) is 0 Å². The average molecular weight is 453 g/mol. The number of fused-ring (bicyclic) bond motifs is 1. The van der Waals surface area contributed by atoms with Crippen LogP contribution in [0.15, 0.2) is 97.1 Å². The zero-order chi connectivity index (χ0) is 23.7. The Labute approximate surface area is 197 Å². The summed E-state index contributed by atoms with van der Waals surface area (Å²) in [6.45, 7) is 0. The molecular weight excluding hydrogens is 430 g/mol. The van der Waals surface area contributed by atoms with Gasteiger partial charge >= 0.3 is 0 Å². The van der Waals surface area contributed by atoms with Crippen LogP contribution < -0.4 is 9.47 Å². The second-order valence-electron chi connectivity index (χ2n) is 7.92. The van der Waals surface area contributed by atoms with E-state index in [4.69, 9.17) is 9.47 Å². The minimum Gasteiger partial charge on any atom is -0.497 e. The zero-order valence-corrected chi connectivity index (χ0v) is 18.8. The van der Waals surface area contributed by atoms with E-state index in [-0.39, 0.29) is 11.6 Å². The summed E-state index contributed by atoms with van der Waals surface area (Å²) in [4.78, 5) is 0. The van der Waals surface area contributed by atoms with Gasteiger partial charge in [0.1, 0.15) is 23.1 Å². The highest BCUT2D eigenvalue weighted by atomic mass is 19.1. The maximum Gasteiger partial charge on any atom is 0.131 e. The Hall–Kier alpha value is -4.18. The summed E-state index contributed by atoms with van der Waals surface area (Å²) in [5.74, 6) is 0.655. The van der Waals surface area contributed by atoms with Crippen molar-refractivity contribution < 1.29 is 18.3 Å². The van der Waals surface area contributed by atoms with Crippen molar-refractivity contribution in [3.63, 3.8) is 0 Å². The number of benzene rings is 3. The molecule has 0 aromatic heterocycles. The molecule has 0 unspecified atom stereocenters. The predicted octanol–water partition coefficient (Wildman–Crippen LogP) is 8.09. The van der Waals surface area contributed by atoms with E-state index in [1.165, 1.54) is 12.1 Å².